The Morgan fingerprint density at radius 2 is 1.81 bits per heavy atom. The number of benzene rings is 1. The Morgan fingerprint density at radius 1 is 0.968 bits per heavy atom. The lowest BCUT2D eigenvalue weighted by Crippen LogP contribution is -2.45. The largest absolute Gasteiger partial charge is 0.377 e. The van der Waals surface area contributed by atoms with E-state index >= 15 is 0 Å². The lowest BCUT2D eigenvalue weighted by molar-refractivity contribution is 0.0526. The van der Waals surface area contributed by atoms with E-state index < -0.39 is 0 Å². The number of morpholine rings is 2. The van der Waals surface area contributed by atoms with E-state index in [1.807, 2.05) is 30.3 Å². The maximum atomic E-state index is 6.06. The maximum Gasteiger partial charge on any atom is 0.229 e. The predicted molar refractivity (Wildman–Crippen MR) is 123 cm³/mol. The summed E-state index contributed by atoms with van der Waals surface area (Å²) < 4.78 is 11.4. The standard InChI is InChI=1S/C23H26ClN5O2/c1-15-14-30-11-10-29(15)22-19-7-8-20(17-3-5-18(24)6-4-17)25-21(19)26-23(27-22)28-9-12-31-16(2)13-28/h3-8,15-16H,9-14H2,1-2H3/t15-,16-/m0/s1. The highest BCUT2D eigenvalue weighted by molar-refractivity contribution is 6.30. The maximum absolute atomic E-state index is 6.06. The molecule has 162 valence electrons. The third kappa shape index (κ3) is 4.18. The number of rotatable bonds is 3. The van der Waals surface area contributed by atoms with Gasteiger partial charge in [-0.05, 0) is 38.1 Å². The minimum atomic E-state index is 0.146. The van der Waals surface area contributed by atoms with E-state index in [-0.39, 0.29) is 12.1 Å². The summed E-state index contributed by atoms with van der Waals surface area (Å²) in [6.07, 6.45) is 0.146. The summed E-state index contributed by atoms with van der Waals surface area (Å²) in [6.45, 7) is 8.62. The van der Waals surface area contributed by atoms with Crippen LogP contribution < -0.4 is 9.80 Å². The Kier molecular flexibility index (Phi) is 5.65. The van der Waals surface area contributed by atoms with E-state index in [2.05, 4.69) is 29.7 Å². The van der Waals surface area contributed by atoms with Gasteiger partial charge in [-0.25, -0.2) is 4.98 Å². The quantitative estimate of drug-likeness (QED) is 0.615. The first-order valence-electron chi connectivity index (χ1n) is 10.7. The molecule has 7 nitrogen and oxygen atoms in total. The second-order valence-corrected chi connectivity index (χ2v) is 8.60. The van der Waals surface area contributed by atoms with Gasteiger partial charge in [-0.2, -0.15) is 9.97 Å². The number of anilines is 2. The summed E-state index contributed by atoms with van der Waals surface area (Å²) in [7, 11) is 0. The highest BCUT2D eigenvalue weighted by atomic mass is 35.5. The zero-order chi connectivity index (χ0) is 21.4. The van der Waals surface area contributed by atoms with Gasteiger partial charge in [-0.1, -0.05) is 23.7 Å². The van der Waals surface area contributed by atoms with E-state index in [0.29, 0.717) is 36.4 Å². The molecule has 2 aromatic heterocycles. The van der Waals surface area contributed by atoms with Gasteiger partial charge >= 0.3 is 0 Å². The van der Waals surface area contributed by atoms with Crippen LogP contribution in [0, 0.1) is 0 Å². The SMILES string of the molecule is C[C@H]1CN(c2nc(N3CCOC[C@@H]3C)c3ccc(-c4ccc(Cl)cc4)nc3n2)CCO1. The lowest BCUT2D eigenvalue weighted by atomic mass is 10.1. The lowest BCUT2D eigenvalue weighted by Gasteiger charge is -2.36. The van der Waals surface area contributed by atoms with Crippen molar-refractivity contribution in [3.05, 3.63) is 41.4 Å². The third-order valence-corrected chi connectivity index (χ3v) is 6.08. The van der Waals surface area contributed by atoms with Crippen LogP contribution >= 0.6 is 11.6 Å². The third-order valence-electron chi connectivity index (χ3n) is 5.83. The molecule has 2 atom stereocenters. The van der Waals surface area contributed by atoms with Gasteiger partial charge in [0.15, 0.2) is 5.65 Å². The van der Waals surface area contributed by atoms with Crippen molar-refractivity contribution in [2.45, 2.75) is 26.0 Å². The van der Waals surface area contributed by atoms with E-state index in [9.17, 15) is 0 Å². The number of hydrogen-bond donors (Lipinski definition) is 0. The van der Waals surface area contributed by atoms with Crippen LogP contribution in [0.15, 0.2) is 36.4 Å². The number of ether oxygens (including phenoxy) is 2. The van der Waals surface area contributed by atoms with Crippen molar-refractivity contribution in [1.29, 1.82) is 0 Å². The van der Waals surface area contributed by atoms with Crippen molar-refractivity contribution in [3.8, 4) is 11.3 Å². The van der Waals surface area contributed by atoms with E-state index in [0.717, 1.165) is 42.1 Å². The average molecular weight is 440 g/mol. The van der Waals surface area contributed by atoms with Gasteiger partial charge in [-0.15, -0.1) is 0 Å². The summed E-state index contributed by atoms with van der Waals surface area (Å²) in [6, 6.07) is 12.1. The van der Waals surface area contributed by atoms with Crippen molar-refractivity contribution in [3.63, 3.8) is 0 Å². The van der Waals surface area contributed by atoms with Gasteiger partial charge in [0.05, 0.1) is 43.0 Å². The Morgan fingerprint density at radius 3 is 2.58 bits per heavy atom. The normalized spacial score (nSPS) is 22.2. The van der Waals surface area contributed by atoms with Crippen molar-refractivity contribution in [2.75, 3.05) is 49.3 Å². The summed E-state index contributed by atoms with van der Waals surface area (Å²) in [5.41, 5.74) is 2.57. The van der Waals surface area contributed by atoms with E-state index in [4.69, 9.17) is 36.0 Å². The van der Waals surface area contributed by atoms with Crippen LogP contribution in [0.2, 0.25) is 5.02 Å². The first-order chi connectivity index (χ1) is 15.1. The smallest absolute Gasteiger partial charge is 0.229 e. The monoisotopic (exact) mass is 439 g/mol. The Balaban J connectivity index is 1.63. The molecule has 0 aliphatic carbocycles. The topological polar surface area (TPSA) is 63.6 Å². The molecule has 1 aromatic carbocycles. The highest BCUT2D eigenvalue weighted by Crippen LogP contribution is 2.31. The molecule has 0 spiro atoms. The fourth-order valence-corrected chi connectivity index (χ4v) is 4.29. The Hall–Kier alpha value is -2.48. The molecular weight excluding hydrogens is 414 g/mol. The minimum Gasteiger partial charge on any atom is -0.377 e. The summed E-state index contributed by atoms with van der Waals surface area (Å²) in [5.74, 6) is 1.63. The second-order valence-electron chi connectivity index (χ2n) is 8.17. The first kappa shape index (κ1) is 20.4. The number of halogens is 1. The summed E-state index contributed by atoms with van der Waals surface area (Å²) in [4.78, 5) is 19.3. The van der Waals surface area contributed by atoms with Gasteiger partial charge in [0.2, 0.25) is 5.95 Å². The molecule has 0 N–H and O–H groups in total. The molecule has 4 heterocycles. The zero-order valence-corrected chi connectivity index (χ0v) is 18.5. The average Bonchev–Trinajstić information content (AvgIpc) is 2.79. The van der Waals surface area contributed by atoms with Crippen LogP contribution in [0.5, 0.6) is 0 Å². The molecule has 0 saturated carbocycles. The molecule has 0 amide bonds. The molecular formula is C23H26ClN5O2. The molecule has 2 aliphatic heterocycles. The molecule has 3 aromatic rings. The van der Waals surface area contributed by atoms with E-state index in [1.54, 1.807) is 0 Å². The van der Waals surface area contributed by atoms with Crippen LogP contribution in [0.4, 0.5) is 11.8 Å². The minimum absolute atomic E-state index is 0.146. The number of nitrogens with zero attached hydrogens (tertiary/aromatic N) is 5. The van der Waals surface area contributed by atoms with Gasteiger partial charge in [0.25, 0.3) is 0 Å². The van der Waals surface area contributed by atoms with Crippen LogP contribution in [0.1, 0.15) is 13.8 Å². The molecule has 0 radical (unpaired) electrons. The number of pyridine rings is 1. The van der Waals surface area contributed by atoms with Crippen molar-refractivity contribution < 1.29 is 9.47 Å². The van der Waals surface area contributed by atoms with Crippen molar-refractivity contribution in [1.82, 2.24) is 15.0 Å². The molecule has 2 aliphatic rings. The van der Waals surface area contributed by atoms with Gasteiger partial charge < -0.3 is 19.3 Å². The molecule has 8 heteroatoms. The van der Waals surface area contributed by atoms with Crippen molar-refractivity contribution >= 4 is 34.4 Å². The molecule has 2 saturated heterocycles. The predicted octanol–water partition coefficient (Wildman–Crippen LogP) is 3.80. The van der Waals surface area contributed by atoms with Crippen molar-refractivity contribution in [2.24, 2.45) is 0 Å². The number of aromatic nitrogens is 3. The summed E-state index contributed by atoms with van der Waals surface area (Å²) >= 11 is 6.06. The van der Waals surface area contributed by atoms with Gasteiger partial charge in [-0.3, -0.25) is 0 Å². The van der Waals surface area contributed by atoms with Crippen LogP contribution in [-0.2, 0) is 9.47 Å². The second kappa shape index (κ2) is 8.57. The molecule has 5 rings (SSSR count). The van der Waals surface area contributed by atoms with Gasteiger partial charge in [0, 0.05) is 30.2 Å². The zero-order valence-electron chi connectivity index (χ0n) is 17.8. The molecule has 0 unspecified atom stereocenters. The molecule has 0 bridgehead atoms. The molecule has 2 fully saturated rings. The highest BCUT2D eigenvalue weighted by Gasteiger charge is 2.26. The fraction of sp³-hybridized carbons (Fsp3) is 0.435. The summed E-state index contributed by atoms with van der Waals surface area (Å²) in [5, 5.41) is 1.66. The van der Waals surface area contributed by atoms with Crippen LogP contribution in [-0.4, -0.2) is 66.6 Å². The molecule has 31 heavy (non-hydrogen) atoms. The van der Waals surface area contributed by atoms with Crippen LogP contribution in [0.3, 0.4) is 0 Å². The Labute approximate surface area is 187 Å². The first-order valence-corrected chi connectivity index (χ1v) is 11.1. The number of fused-ring (bicyclic) bond motifs is 1. The number of hydrogen-bond acceptors (Lipinski definition) is 7. The Bertz CT molecular complexity index is 1080. The van der Waals surface area contributed by atoms with E-state index in [1.165, 1.54) is 0 Å². The van der Waals surface area contributed by atoms with Gasteiger partial charge in [0.1, 0.15) is 5.82 Å². The van der Waals surface area contributed by atoms with Crippen LogP contribution in [0.25, 0.3) is 22.3 Å². The fourth-order valence-electron chi connectivity index (χ4n) is 4.17.